The second-order valence-electron chi connectivity index (χ2n) is 11.6. The second-order valence-corrected chi connectivity index (χ2v) is 11.6. The molecule has 0 aliphatic heterocycles. The first-order valence-electron chi connectivity index (χ1n) is 15.7. The van der Waals surface area contributed by atoms with Gasteiger partial charge in [-0.3, -0.25) is 0 Å². The Morgan fingerprint density at radius 2 is 1.09 bits per heavy atom. The van der Waals surface area contributed by atoms with Gasteiger partial charge in [-0.15, -0.1) is 0 Å². The van der Waals surface area contributed by atoms with E-state index in [4.69, 9.17) is 13.8 Å². The van der Waals surface area contributed by atoms with Crippen LogP contribution in [0.3, 0.4) is 0 Å². The van der Waals surface area contributed by atoms with Gasteiger partial charge in [-0.05, 0) is 83.4 Å². The molecule has 0 N–H and O–H groups in total. The average molecular weight is 605 g/mol. The molecule has 47 heavy (non-hydrogen) atoms. The van der Waals surface area contributed by atoms with E-state index in [-0.39, 0.29) is 0 Å². The summed E-state index contributed by atoms with van der Waals surface area (Å²) >= 11 is 0. The molecule has 0 saturated heterocycles. The van der Waals surface area contributed by atoms with Gasteiger partial charge in [-0.1, -0.05) is 103 Å². The highest BCUT2D eigenvalue weighted by Gasteiger charge is 2.21. The van der Waals surface area contributed by atoms with Crippen LogP contribution in [0.1, 0.15) is 0 Å². The lowest BCUT2D eigenvalue weighted by Crippen LogP contribution is -2.11. The van der Waals surface area contributed by atoms with Crippen LogP contribution < -0.4 is 4.90 Å². The van der Waals surface area contributed by atoms with E-state index < -0.39 is 0 Å². The number of benzene rings is 7. The van der Waals surface area contributed by atoms with Gasteiger partial charge in [-0.25, -0.2) is 4.98 Å². The molecular formula is C43H28N2O2. The number of hydrogen-bond acceptors (Lipinski definition) is 4. The molecule has 0 saturated carbocycles. The molecule has 0 amide bonds. The number of aromatic nitrogens is 1. The summed E-state index contributed by atoms with van der Waals surface area (Å²) in [5, 5.41) is 1.90. The van der Waals surface area contributed by atoms with Gasteiger partial charge in [0.15, 0.2) is 5.58 Å². The number of furan rings is 1. The zero-order valence-electron chi connectivity index (χ0n) is 25.4. The first-order valence-corrected chi connectivity index (χ1v) is 15.7. The van der Waals surface area contributed by atoms with Crippen LogP contribution in [0, 0.1) is 0 Å². The van der Waals surface area contributed by atoms with E-state index >= 15 is 0 Å². The summed E-state index contributed by atoms with van der Waals surface area (Å²) in [4.78, 5) is 7.16. The van der Waals surface area contributed by atoms with Crippen LogP contribution in [0.4, 0.5) is 17.1 Å². The first-order chi connectivity index (χ1) is 23.3. The highest BCUT2D eigenvalue weighted by molar-refractivity contribution is 6.17. The maximum atomic E-state index is 6.45. The zero-order valence-corrected chi connectivity index (χ0v) is 25.4. The van der Waals surface area contributed by atoms with Crippen molar-refractivity contribution in [3.63, 3.8) is 0 Å². The monoisotopic (exact) mass is 604 g/mol. The number of oxazole rings is 1. The lowest BCUT2D eigenvalue weighted by molar-refractivity contribution is 0.622. The number of para-hydroxylation sites is 1. The minimum Gasteiger partial charge on any atom is -0.456 e. The molecule has 0 radical (unpaired) electrons. The smallest absolute Gasteiger partial charge is 0.227 e. The molecule has 4 heteroatoms. The predicted molar refractivity (Wildman–Crippen MR) is 192 cm³/mol. The van der Waals surface area contributed by atoms with Gasteiger partial charge in [0.05, 0.1) is 11.1 Å². The van der Waals surface area contributed by atoms with Crippen molar-refractivity contribution in [3.8, 4) is 33.7 Å². The van der Waals surface area contributed by atoms with E-state index in [0.29, 0.717) is 5.89 Å². The summed E-state index contributed by atoms with van der Waals surface area (Å²) in [6, 6.07) is 58.7. The van der Waals surface area contributed by atoms with Crippen LogP contribution in [0.2, 0.25) is 0 Å². The number of nitrogens with zero attached hydrogens (tertiary/aromatic N) is 2. The quantitative estimate of drug-likeness (QED) is 0.189. The van der Waals surface area contributed by atoms with Crippen molar-refractivity contribution in [2.24, 2.45) is 0 Å². The fourth-order valence-corrected chi connectivity index (χ4v) is 6.47. The highest BCUT2D eigenvalue weighted by atomic mass is 16.4. The van der Waals surface area contributed by atoms with Crippen LogP contribution >= 0.6 is 0 Å². The molecule has 9 aromatic rings. The normalized spacial score (nSPS) is 11.4. The van der Waals surface area contributed by atoms with E-state index in [9.17, 15) is 0 Å². The largest absolute Gasteiger partial charge is 0.456 e. The Morgan fingerprint density at radius 3 is 1.81 bits per heavy atom. The predicted octanol–water partition coefficient (Wildman–Crippen LogP) is 12.2. The van der Waals surface area contributed by atoms with Crippen LogP contribution in [-0.2, 0) is 0 Å². The molecule has 4 nitrogen and oxygen atoms in total. The van der Waals surface area contributed by atoms with Crippen LogP contribution in [0.15, 0.2) is 179 Å². The van der Waals surface area contributed by atoms with Crippen molar-refractivity contribution in [3.05, 3.63) is 170 Å². The molecular weight excluding hydrogens is 576 g/mol. The van der Waals surface area contributed by atoms with Crippen LogP contribution in [0.25, 0.3) is 66.7 Å². The summed E-state index contributed by atoms with van der Waals surface area (Å²) < 4.78 is 12.8. The molecule has 0 aliphatic carbocycles. The molecule has 222 valence electrons. The van der Waals surface area contributed by atoms with E-state index in [2.05, 4.69) is 132 Å². The van der Waals surface area contributed by atoms with Gasteiger partial charge in [0.2, 0.25) is 5.89 Å². The lowest BCUT2D eigenvalue weighted by Gasteiger charge is -2.28. The number of fused-ring (bicyclic) bond motifs is 5. The molecule has 0 fully saturated rings. The van der Waals surface area contributed by atoms with Crippen molar-refractivity contribution in [1.29, 1.82) is 0 Å². The fourth-order valence-electron chi connectivity index (χ4n) is 6.47. The molecule has 0 bridgehead atoms. The minimum atomic E-state index is 0.593. The van der Waals surface area contributed by atoms with Crippen LogP contribution in [-0.4, -0.2) is 4.98 Å². The number of rotatable bonds is 6. The molecule has 7 aromatic carbocycles. The fraction of sp³-hybridized carbons (Fsp3) is 0. The summed E-state index contributed by atoms with van der Waals surface area (Å²) in [6.07, 6.45) is 0. The molecule has 0 aliphatic rings. The Balaban J connectivity index is 1.27. The van der Waals surface area contributed by atoms with E-state index in [1.807, 2.05) is 42.5 Å². The third-order valence-corrected chi connectivity index (χ3v) is 8.69. The van der Waals surface area contributed by atoms with Crippen molar-refractivity contribution in [1.82, 2.24) is 4.98 Å². The third-order valence-electron chi connectivity index (χ3n) is 8.69. The Labute approximate surface area is 271 Å². The Morgan fingerprint density at radius 1 is 0.447 bits per heavy atom. The topological polar surface area (TPSA) is 42.4 Å². The molecule has 2 aromatic heterocycles. The summed E-state index contributed by atoms with van der Waals surface area (Å²) in [7, 11) is 0. The molecule has 2 heterocycles. The summed E-state index contributed by atoms with van der Waals surface area (Å²) in [5.74, 6) is 0.593. The van der Waals surface area contributed by atoms with Gasteiger partial charge in [0, 0.05) is 27.9 Å². The summed E-state index contributed by atoms with van der Waals surface area (Å²) in [6.45, 7) is 0. The number of hydrogen-bond donors (Lipinski definition) is 0. The van der Waals surface area contributed by atoms with E-state index in [0.717, 1.165) is 66.8 Å². The summed E-state index contributed by atoms with van der Waals surface area (Å²) in [5.41, 5.74) is 11.8. The van der Waals surface area contributed by atoms with Crippen molar-refractivity contribution in [2.75, 3.05) is 4.90 Å². The Kier molecular flexibility index (Phi) is 6.43. The van der Waals surface area contributed by atoms with Crippen LogP contribution in [0.5, 0.6) is 0 Å². The van der Waals surface area contributed by atoms with Crippen molar-refractivity contribution >= 4 is 50.1 Å². The average Bonchev–Trinajstić information content (AvgIpc) is 3.75. The second kappa shape index (κ2) is 11.2. The maximum absolute atomic E-state index is 6.45. The van der Waals surface area contributed by atoms with E-state index in [1.165, 1.54) is 11.1 Å². The number of anilines is 3. The molecule has 9 rings (SSSR count). The van der Waals surface area contributed by atoms with Gasteiger partial charge < -0.3 is 13.7 Å². The first kappa shape index (κ1) is 27.0. The Hall–Kier alpha value is -6.39. The van der Waals surface area contributed by atoms with Gasteiger partial charge in [-0.2, -0.15) is 0 Å². The van der Waals surface area contributed by atoms with Gasteiger partial charge in [0.1, 0.15) is 16.7 Å². The standard InChI is InChI=1S/C43H28N2O2/c1-5-13-29(14-6-1)32-21-24-38(35(27-32)30-15-7-2-8-16-30)45(33-19-11-4-12-20-33)34-22-25-39-36(28-34)41-40(46-39)26-23-37-42(41)47-43(44-37)31-17-9-3-10-18-31/h1-28H. The maximum Gasteiger partial charge on any atom is 0.227 e. The minimum absolute atomic E-state index is 0.593. The molecule has 0 unspecified atom stereocenters. The van der Waals surface area contributed by atoms with Crippen molar-refractivity contribution < 1.29 is 8.83 Å². The molecule has 0 spiro atoms. The van der Waals surface area contributed by atoms with Crippen molar-refractivity contribution in [2.45, 2.75) is 0 Å². The third kappa shape index (κ3) is 4.75. The van der Waals surface area contributed by atoms with Gasteiger partial charge >= 0.3 is 0 Å². The van der Waals surface area contributed by atoms with E-state index in [1.54, 1.807) is 0 Å². The van der Waals surface area contributed by atoms with Gasteiger partial charge in [0.25, 0.3) is 0 Å². The molecule has 0 atom stereocenters. The zero-order chi connectivity index (χ0) is 31.2. The lowest BCUT2D eigenvalue weighted by atomic mass is 9.96. The highest BCUT2D eigenvalue weighted by Crippen LogP contribution is 2.45. The SMILES string of the molecule is c1ccc(-c2ccc(N(c3ccccc3)c3ccc4oc5ccc6nc(-c7ccccc7)oc6c5c4c3)c(-c3ccccc3)c2)cc1. The Bertz CT molecular complexity index is 2500.